The Bertz CT molecular complexity index is 513. The molecule has 0 radical (unpaired) electrons. The van der Waals surface area contributed by atoms with Crippen molar-refractivity contribution in [2.24, 2.45) is 0 Å². The minimum absolute atomic E-state index is 0.0315. The highest BCUT2D eigenvalue weighted by Gasteiger charge is 2.24. The second-order valence-corrected chi connectivity index (χ2v) is 5.63. The van der Waals surface area contributed by atoms with Crippen LogP contribution in [-0.4, -0.2) is 56.2 Å². The first-order valence-corrected chi connectivity index (χ1v) is 8.08. The first-order valence-electron chi connectivity index (χ1n) is 8.08. The molecular weight excluding hydrogens is 294 g/mol. The van der Waals surface area contributed by atoms with Gasteiger partial charge in [-0.15, -0.1) is 0 Å². The molecule has 2 amide bonds. The van der Waals surface area contributed by atoms with Gasteiger partial charge in [-0.1, -0.05) is 18.2 Å². The molecule has 0 unspecified atom stereocenters. The molecule has 2 rings (SSSR count). The summed E-state index contributed by atoms with van der Waals surface area (Å²) in [5, 5.41) is 3.29. The lowest BCUT2D eigenvalue weighted by Crippen LogP contribution is -2.47. The predicted octanol–water partition coefficient (Wildman–Crippen LogP) is 1.86. The number of hydrogen-bond acceptors (Lipinski definition) is 4. The number of carbonyl (C=O) groups is 2. The van der Waals surface area contributed by atoms with Crippen LogP contribution >= 0.6 is 0 Å². The zero-order chi connectivity index (χ0) is 16.7. The van der Waals surface area contributed by atoms with E-state index in [1.165, 1.54) is 0 Å². The summed E-state index contributed by atoms with van der Waals surface area (Å²) >= 11 is 0. The number of rotatable bonds is 5. The molecule has 0 bridgehead atoms. The maximum atomic E-state index is 12.2. The van der Waals surface area contributed by atoms with Gasteiger partial charge in [0.25, 0.3) is 0 Å². The molecule has 1 aromatic carbocycles. The highest BCUT2D eigenvalue weighted by Crippen LogP contribution is 2.13. The molecule has 1 aliphatic rings. The molecule has 0 spiro atoms. The van der Waals surface area contributed by atoms with Gasteiger partial charge < -0.3 is 19.9 Å². The van der Waals surface area contributed by atoms with Crippen LogP contribution in [0.15, 0.2) is 30.3 Å². The van der Waals surface area contributed by atoms with Crippen molar-refractivity contribution < 1.29 is 14.3 Å². The van der Waals surface area contributed by atoms with Crippen molar-refractivity contribution in [1.82, 2.24) is 10.2 Å². The number of amides is 2. The van der Waals surface area contributed by atoms with Gasteiger partial charge >= 0.3 is 6.09 Å². The fourth-order valence-electron chi connectivity index (χ4n) is 2.63. The molecule has 1 saturated heterocycles. The summed E-state index contributed by atoms with van der Waals surface area (Å²) in [6.45, 7) is 3.84. The average Bonchev–Trinajstić information content (AvgIpc) is 2.60. The highest BCUT2D eigenvalue weighted by molar-refractivity contribution is 5.94. The Balaban J connectivity index is 1.73. The Labute approximate surface area is 137 Å². The molecule has 23 heavy (non-hydrogen) atoms. The first-order chi connectivity index (χ1) is 11.1. The van der Waals surface area contributed by atoms with Crippen LogP contribution in [0, 0.1) is 0 Å². The van der Waals surface area contributed by atoms with E-state index in [0.717, 1.165) is 18.5 Å². The maximum Gasteiger partial charge on any atom is 0.409 e. The number of benzene rings is 1. The van der Waals surface area contributed by atoms with Gasteiger partial charge in [0.05, 0.1) is 13.2 Å². The van der Waals surface area contributed by atoms with Crippen LogP contribution in [0.4, 0.5) is 10.5 Å². The van der Waals surface area contributed by atoms with Crippen molar-refractivity contribution in [2.75, 3.05) is 38.2 Å². The number of carbonyl (C=O) groups excluding carboxylic acids is 2. The first kappa shape index (κ1) is 17.3. The highest BCUT2D eigenvalue weighted by atomic mass is 16.6. The van der Waals surface area contributed by atoms with Gasteiger partial charge in [-0.3, -0.25) is 4.79 Å². The minimum Gasteiger partial charge on any atom is -0.450 e. The van der Waals surface area contributed by atoms with Gasteiger partial charge in [0.15, 0.2) is 0 Å². The van der Waals surface area contributed by atoms with E-state index in [0.29, 0.717) is 26.2 Å². The van der Waals surface area contributed by atoms with Crippen LogP contribution < -0.4 is 10.2 Å². The van der Waals surface area contributed by atoms with Crippen LogP contribution in [0.1, 0.15) is 19.8 Å². The third kappa shape index (κ3) is 4.96. The summed E-state index contributed by atoms with van der Waals surface area (Å²) in [5.41, 5.74) is 0.886. The van der Waals surface area contributed by atoms with Crippen LogP contribution in [0.3, 0.4) is 0 Å². The fraction of sp³-hybridized carbons (Fsp3) is 0.529. The molecule has 0 aromatic heterocycles. The average molecular weight is 319 g/mol. The lowest BCUT2D eigenvalue weighted by molar-refractivity contribution is -0.117. The largest absolute Gasteiger partial charge is 0.450 e. The molecular formula is C17H25N3O3. The molecule has 0 saturated carbocycles. The molecule has 6 heteroatoms. The molecule has 6 nitrogen and oxygen atoms in total. The maximum absolute atomic E-state index is 12.2. The number of nitrogens with zero attached hydrogens (tertiary/aromatic N) is 2. The Hall–Kier alpha value is -2.08. The second-order valence-electron chi connectivity index (χ2n) is 5.63. The van der Waals surface area contributed by atoms with Crippen molar-refractivity contribution in [1.29, 1.82) is 0 Å². The number of hydrogen-bond donors (Lipinski definition) is 1. The summed E-state index contributed by atoms with van der Waals surface area (Å²) in [6, 6.07) is 9.84. The van der Waals surface area contributed by atoms with Gasteiger partial charge in [0, 0.05) is 31.9 Å². The van der Waals surface area contributed by atoms with Gasteiger partial charge in [0.2, 0.25) is 5.91 Å². The second kappa shape index (κ2) is 8.53. The number of likely N-dealkylation sites (N-methyl/N-ethyl adjacent to an activating group) is 1. The number of nitrogens with one attached hydrogen (secondary N) is 1. The van der Waals surface area contributed by atoms with Crippen LogP contribution in [-0.2, 0) is 9.53 Å². The van der Waals surface area contributed by atoms with Crippen molar-refractivity contribution in [3.63, 3.8) is 0 Å². The number of anilines is 1. The van der Waals surface area contributed by atoms with Crippen LogP contribution in [0.5, 0.6) is 0 Å². The standard InChI is InChI=1S/C17H25N3O3/c1-3-23-17(22)20-11-9-14(10-12-20)18-13-16(21)19(2)15-7-5-4-6-8-15/h4-8,14,18H,3,9-13H2,1-2H3. The smallest absolute Gasteiger partial charge is 0.409 e. The number of likely N-dealkylation sites (tertiary alicyclic amines) is 1. The third-order valence-corrected chi connectivity index (χ3v) is 4.08. The number of ether oxygens (including phenoxy) is 1. The van der Waals surface area contributed by atoms with Gasteiger partial charge in [-0.05, 0) is 31.9 Å². The third-order valence-electron chi connectivity index (χ3n) is 4.08. The van der Waals surface area contributed by atoms with Crippen molar-refractivity contribution in [2.45, 2.75) is 25.8 Å². The molecule has 0 aliphatic carbocycles. The monoisotopic (exact) mass is 319 g/mol. The van der Waals surface area contributed by atoms with Crippen molar-refractivity contribution >= 4 is 17.7 Å². The Morgan fingerprint density at radius 1 is 1.26 bits per heavy atom. The van der Waals surface area contributed by atoms with E-state index in [4.69, 9.17) is 4.74 Å². The molecule has 0 atom stereocenters. The normalized spacial score (nSPS) is 15.3. The number of para-hydroxylation sites is 1. The number of piperidine rings is 1. The summed E-state index contributed by atoms with van der Waals surface area (Å²) in [5.74, 6) is 0.0315. The van der Waals surface area contributed by atoms with Crippen LogP contribution in [0.2, 0.25) is 0 Å². The summed E-state index contributed by atoms with van der Waals surface area (Å²) in [6.07, 6.45) is 1.42. The predicted molar refractivity (Wildman–Crippen MR) is 89.5 cm³/mol. The topological polar surface area (TPSA) is 61.9 Å². The zero-order valence-electron chi connectivity index (χ0n) is 13.8. The zero-order valence-corrected chi connectivity index (χ0v) is 13.8. The van der Waals surface area contributed by atoms with E-state index >= 15 is 0 Å². The SMILES string of the molecule is CCOC(=O)N1CCC(NCC(=O)N(C)c2ccccc2)CC1. The van der Waals surface area contributed by atoms with Crippen molar-refractivity contribution in [3.8, 4) is 0 Å². The van der Waals surface area contributed by atoms with E-state index in [2.05, 4.69) is 5.32 Å². The van der Waals surface area contributed by atoms with E-state index in [1.807, 2.05) is 30.3 Å². The van der Waals surface area contributed by atoms with Gasteiger partial charge in [-0.25, -0.2) is 4.79 Å². The lowest BCUT2D eigenvalue weighted by Gasteiger charge is -2.32. The summed E-state index contributed by atoms with van der Waals surface area (Å²) < 4.78 is 5.00. The Morgan fingerprint density at radius 2 is 1.91 bits per heavy atom. The van der Waals surface area contributed by atoms with E-state index in [9.17, 15) is 9.59 Å². The molecule has 1 fully saturated rings. The quantitative estimate of drug-likeness (QED) is 0.900. The summed E-state index contributed by atoms with van der Waals surface area (Å²) in [7, 11) is 1.78. The van der Waals surface area contributed by atoms with Gasteiger partial charge in [0.1, 0.15) is 0 Å². The fourth-order valence-corrected chi connectivity index (χ4v) is 2.63. The minimum atomic E-state index is -0.245. The molecule has 1 N–H and O–H groups in total. The summed E-state index contributed by atoms with van der Waals surface area (Å²) in [4.78, 5) is 27.2. The Morgan fingerprint density at radius 3 is 2.52 bits per heavy atom. The molecule has 1 heterocycles. The van der Waals surface area contributed by atoms with E-state index < -0.39 is 0 Å². The molecule has 126 valence electrons. The van der Waals surface area contributed by atoms with Gasteiger partial charge in [-0.2, -0.15) is 0 Å². The van der Waals surface area contributed by atoms with Crippen LogP contribution in [0.25, 0.3) is 0 Å². The van der Waals surface area contributed by atoms with E-state index in [-0.39, 0.29) is 18.0 Å². The molecule has 1 aromatic rings. The Kier molecular flexibility index (Phi) is 6.40. The van der Waals surface area contributed by atoms with E-state index in [1.54, 1.807) is 23.8 Å². The van der Waals surface area contributed by atoms with Crippen molar-refractivity contribution in [3.05, 3.63) is 30.3 Å². The molecule has 1 aliphatic heterocycles. The lowest BCUT2D eigenvalue weighted by atomic mass is 10.1.